The van der Waals surface area contributed by atoms with Crippen LogP contribution in [0.3, 0.4) is 0 Å². The molecule has 0 aliphatic carbocycles. The van der Waals surface area contributed by atoms with Gasteiger partial charge in [0.1, 0.15) is 23.5 Å². The normalized spacial score (nSPS) is 13.5. The number of nitrogens with two attached hydrogens (primary N) is 1. The molecule has 1 aliphatic heterocycles. The summed E-state index contributed by atoms with van der Waals surface area (Å²) in [6, 6.07) is 13.2. The number of carbonyl (C=O) groups excluding carboxylic acids is 1. The largest absolute Gasteiger partial charge is 0.504 e. The molecule has 0 atom stereocenters. The number of pyridine rings is 1. The number of benzene rings is 2. The Bertz CT molecular complexity index is 1440. The highest BCUT2D eigenvalue weighted by Gasteiger charge is 2.24. The Balaban J connectivity index is 1.61. The van der Waals surface area contributed by atoms with Crippen LogP contribution < -0.4 is 25.6 Å². The van der Waals surface area contributed by atoms with Crippen molar-refractivity contribution in [3.8, 4) is 45.7 Å². The van der Waals surface area contributed by atoms with Crippen molar-refractivity contribution >= 4 is 11.7 Å². The van der Waals surface area contributed by atoms with Crippen molar-refractivity contribution in [3.05, 3.63) is 53.8 Å². The van der Waals surface area contributed by atoms with Gasteiger partial charge in [0, 0.05) is 37.2 Å². The number of nitriles is 1. The molecular formula is C31H36FN5O5. The molecule has 222 valence electrons. The molecular weight excluding hydrogens is 541 g/mol. The van der Waals surface area contributed by atoms with E-state index in [-0.39, 0.29) is 23.8 Å². The molecule has 0 spiro atoms. The third kappa shape index (κ3) is 7.46. The fourth-order valence-electron chi connectivity index (χ4n) is 4.98. The van der Waals surface area contributed by atoms with Crippen LogP contribution in [-0.4, -0.2) is 54.1 Å². The monoisotopic (exact) mass is 577 g/mol. The maximum atomic E-state index is 14.7. The number of halogens is 1. The van der Waals surface area contributed by atoms with E-state index in [9.17, 15) is 19.6 Å². The number of anilines is 1. The fraction of sp³-hybridized carbons (Fsp3) is 0.387. The first-order valence-electron chi connectivity index (χ1n) is 14.0. The number of aromatic hydroxyl groups is 1. The number of hydrogen-bond donors (Lipinski definition) is 4. The van der Waals surface area contributed by atoms with Crippen LogP contribution in [-0.2, 0) is 4.79 Å². The van der Waals surface area contributed by atoms with Crippen molar-refractivity contribution < 1.29 is 29.0 Å². The van der Waals surface area contributed by atoms with Crippen molar-refractivity contribution in [3.63, 3.8) is 0 Å². The number of aromatic nitrogens is 1. The summed E-state index contributed by atoms with van der Waals surface area (Å²) in [6.07, 6.45) is 4.95. The third-order valence-electron chi connectivity index (χ3n) is 7.34. The van der Waals surface area contributed by atoms with Crippen molar-refractivity contribution in [2.75, 3.05) is 31.7 Å². The third-order valence-corrected chi connectivity index (χ3v) is 7.34. The van der Waals surface area contributed by atoms with Crippen LogP contribution in [0.1, 0.15) is 50.5 Å². The summed E-state index contributed by atoms with van der Waals surface area (Å²) in [5, 5.41) is 28.6. The maximum Gasteiger partial charge on any atom is 0.243 e. The van der Waals surface area contributed by atoms with Crippen LogP contribution in [0.25, 0.3) is 22.4 Å². The van der Waals surface area contributed by atoms with Crippen molar-refractivity contribution in [1.82, 2.24) is 10.5 Å². The Kier molecular flexibility index (Phi) is 10.5. The zero-order valence-corrected chi connectivity index (χ0v) is 23.6. The summed E-state index contributed by atoms with van der Waals surface area (Å²) in [5.74, 6) is 0.361. The van der Waals surface area contributed by atoms with Gasteiger partial charge in [0.05, 0.1) is 30.5 Å². The smallest absolute Gasteiger partial charge is 0.243 e. The molecule has 11 heteroatoms. The molecule has 1 aromatic heterocycles. The van der Waals surface area contributed by atoms with Crippen LogP contribution in [0.15, 0.2) is 42.5 Å². The second kappa shape index (κ2) is 14.5. The molecule has 0 unspecified atom stereocenters. The van der Waals surface area contributed by atoms with Crippen molar-refractivity contribution in [1.29, 1.82) is 5.26 Å². The Labute approximate surface area is 244 Å². The van der Waals surface area contributed by atoms with Crippen LogP contribution in [0, 0.1) is 17.1 Å². The van der Waals surface area contributed by atoms with Gasteiger partial charge in [0.2, 0.25) is 5.91 Å². The minimum absolute atomic E-state index is 0.0664. The number of hydroxylamine groups is 1. The van der Waals surface area contributed by atoms with E-state index in [1.54, 1.807) is 36.9 Å². The van der Waals surface area contributed by atoms with E-state index < -0.39 is 11.7 Å². The van der Waals surface area contributed by atoms with Gasteiger partial charge in [-0.2, -0.15) is 5.26 Å². The first-order valence-corrected chi connectivity index (χ1v) is 14.0. The number of nitrogens with zero attached hydrogens (tertiary/aromatic N) is 3. The Morgan fingerprint density at radius 3 is 2.52 bits per heavy atom. The van der Waals surface area contributed by atoms with Gasteiger partial charge in [0.15, 0.2) is 11.5 Å². The average Bonchev–Trinajstić information content (AvgIpc) is 3.00. The topological polar surface area (TPSA) is 154 Å². The summed E-state index contributed by atoms with van der Waals surface area (Å²) < 4.78 is 26.3. The molecule has 1 amide bonds. The first kappa shape index (κ1) is 30.6. The van der Waals surface area contributed by atoms with Gasteiger partial charge in [-0.3, -0.25) is 10.0 Å². The Morgan fingerprint density at radius 1 is 1.12 bits per heavy atom. The van der Waals surface area contributed by atoms with E-state index in [0.717, 1.165) is 45.2 Å². The molecule has 0 bridgehead atoms. The molecule has 4 rings (SSSR count). The number of unbranched alkanes of at least 4 members (excludes halogenated alkanes) is 3. The van der Waals surface area contributed by atoms with Crippen LogP contribution in [0.4, 0.5) is 10.2 Å². The molecule has 1 fully saturated rings. The van der Waals surface area contributed by atoms with Gasteiger partial charge in [-0.25, -0.2) is 14.9 Å². The Morgan fingerprint density at radius 2 is 1.86 bits per heavy atom. The minimum Gasteiger partial charge on any atom is -0.504 e. The lowest BCUT2D eigenvalue weighted by atomic mass is 9.96. The highest BCUT2D eigenvalue weighted by atomic mass is 19.1. The Hall–Kier alpha value is -4.40. The number of carbonyl (C=O) groups is 1. The van der Waals surface area contributed by atoms with Gasteiger partial charge >= 0.3 is 0 Å². The van der Waals surface area contributed by atoms with Gasteiger partial charge in [0.25, 0.3) is 0 Å². The van der Waals surface area contributed by atoms with E-state index in [1.165, 1.54) is 12.1 Å². The van der Waals surface area contributed by atoms with Gasteiger partial charge in [-0.1, -0.05) is 25.0 Å². The zero-order valence-electron chi connectivity index (χ0n) is 23.6. The molecule has 2 aromatic carbocycles. The quantitative estimate of drug-likeness (QED) is 0.134. The van der Waals surface area contributed by atoms with Gasteiger partial charge < -0.3 is 25.2 Å². The van der Waals surface area contributed by atoms with E-state index in [1.807, 2.05) is 12.1 Å². The molecule has 3 aromatic rings. The summed E-state index contributed by atoms with van der Waals surface area (Å²) in [6.45, 7) is 1.83. The predicted octanol–water partition coefficient (Wildman–Crippen LogP) is 4.90. The predicted molar refractivity (Wildman–Crippen MR) is 156 cm³/mol. The molecule has 5 N–H and O–H groups in total. The number of hydrogen-bond acceptors (Lipinski definition) is 9. The molecule has 0 radical (unpaired) electrons. The van der Waals surface area contributed by atoms with E-state index in [2.05, 4.69) is 4.90 Å². The molecule has 10 nitrogen and oxygen atoms in total. The molecule has 2 heterocycles. The second-order valence-corrected chi connectivity index (χ2v) is 10.3. The average molecular weight is 578 g/mol. The van der Waals surface area contributed by atoms with Crippen molar-refractivity contribution in [2.24, 2.45) is 5.73 Å². The minimum atomic E-state index is -0.653. The number of nitrogens with one attached hydrogen (secondary N) is 1. The van der Waals surface area contributed by atoms with E-state index in [0.29, 0.717) is 52.7 Å². The highest BCUT2D eigenvalue weighted by molar-refractivity contribution is 5.87. The number of methoxy groups -OCH3 is 1. The lowest BCUT2D eigenvalue weighted by Crippen LogP contribution is -2.40. The summed E-state index contributed by atoms with van der Waals surface area (Å²) in [5.41, 5.74) is 9.73. The fourth-order valence-corrected chi connectivity index (χ4v) is 4.98. The van der Waals surface area contributed by atoms with Crippen LogP contribution in [0.5, 0.6) is 17.2 Å². The maximum absolute atomic E-state index is 14.7. The number of phenols is 1. The lowest BCUT2D eigenvalue weighted by Gasteiger charge is -2.32. The number of ether oxygens (including phenoxy) is 2. The first-order chi connectivity index (χ1) is 20.3. The number of rotatable bonds is 12. The number of piperidine rings is 1. The number of phenolic OH excluding ortho intramolecular Hbond substituents is 1. The van der Waals surface area contributed by atoms with E-state index in [4.69, 9.17) is 25.4 Å². The molecule has 42 heavy (non-hydrogen) atoms. The van der Waals surface area contributed by atoms with E-state index >= 15 is 0 Å². The summed E-state index contributed by atoms with van der Waals surface area (Å²) >= 11 is 0. The van der Waals surface area contributed by atoms with Gasteiger partial charge in [-0.05, 0) is 55.5 Å². The number of amides is 1. The van der Waals surface area contributed by atoms with Crippen LogP contribution >= 0.6 is 0 Å². The lowest BCUT2D eigenvalue weighted by molar-refractivity contribution is -0.129. The SMILES string of the molecule is COc1cc(N2CCC(N)CC2)nc(-c2ccc(C#N)c(F)c2)c1-c1ccc(OCCCCCCC(=O)NO)c(O)c1. The standard InChI is InChI=1S/C31H36FN5O5/c1-41-27-18-28(37-13-11-23(34)12-14-37)35-31(21-7-8-22(19-33)24(32)16-21)30(27)20-9-10-26(25(38)17-20)42-15-5-3-2-4-6-29(39)36-40/h7-10,16-18,23,38,40H,2-6,11-15,34H2,1H3,(H,36,39). The summed E-state index contributed by atoms with van der Waals surface area (Å²) in [7, 11) is 1.55. The second-order valence-electron chi connectivity index (χ2n) is 10.3. The zero-order chi connectivity index (χ0) is 30.1. The van der Waals surface area contributed by atoms with Crippen LogP contribution in [0.2, 0.25) is 0 Å². The van der Waals surface area contributed by atoms with Crippen molar-refractivity contribution in [2.45, 2.75) is 51.0 Å². The molecule has 1 aliphatic rings. The van der Waals surface area contributed by atoms with Gasteiger partial charge in [-0.15, -0.1) is 0 Å². The molecule has 1 saturated heterocycles. The molecule has 0 saturated carbocycles. The summed E-state index contributed by atoms with van der Waals surface area (Å²) in [4.78, 5) is 18.1. The highest BCUT2D eigenvalue weighted by Crippen LogP contribution is 2.43.